The first-order valence-corrected chi connectivity index (χ1v) is 6.53. The third-order valence-corrected chi connectivity index (χ3v) is 3.12. The number of hydrogen-bond acceptors (Lipinski definition) is 4. The summed E-state index contributed by atoms with van der Waals surface area (Å²) in [7, 11) is 0. The van der Waals surface area contributed by atoms with Crippen molar-refractivity contribution in [3.63, 3.8) is 0 Å². The highest BCUT2D eigenvalue weighted by Gasteiger charge is 2.20. The maximum absolute atomic E-state index is 5.84. The Morgan fingerprint density at radius 3 is 2.28 bits per heavy atom. The molecule has 0 radical (unpaired) electrons. The van der Waals surface area contributed by atoms with Crippen molar-refractivity contribution < 1.29 is 0 Å². The van der Waals surface area contributed by atoms with Crippen LogP contribution < -0.4 is 11.1 Å². The Morgan fingerprint density at radius 2 is 1.78 bits per heavy atom. The van der Waals surface area contributed by atoms with Crippen LogP contribution in [0.5, 0.6) is 0 Å². The van der Waals surface area contributed by atoms with E-state index < -0.39 is 0 Å². The summed E-state index contributed by atoms with van der Waals surface area (Å²) in [5.74, 6) is 2.11. The van der Waals surface area contributed by atoms with E-state index in [0.29, 0.717) is 5.82 Å². The zero-order valence-corrected chi connectivity index (χ0v) is 12.5. The minimum Gasteiger partial charge on any atom is -0.384 e. The molecule has 3 N–H and O–H groups in total. The number of hydrogen-bond donors (Lipinski definition) is 2. The summed E-state index contributed by atoms with van der Waals surface area (Å²) >= 11 is 0. The van der Waals surface area contributed by atoms with E-state index >= 15 is 0 Å². The monoisotopic (exact) mass is 250 g/mol. The van der Waals surface area contributed by atoms with Gasteiger partial charge in [0, 0.05) is 18.0 Å². The molecule has 1 heterocycles. The number of anilines is 2. The van der Waals surface area contributed by atoms with Gasteiger partial charge in [0.15, 0.2) is 0 Å². The summed E-state index contributed by atoms with van der Waals surface area (Å²) in [6.45, 7) is 13.8. The second kappa shape index (κ2) is 5.12. The Labute approximate surface area is 110 Å². The van der Waals surface area contributed by atoms with Crippen molar-refractivity contribution in [2.24, 2.45) is 5.41 Å². The van der Waals surface area contributed by atoms with Gasteiger partial charge in [0.2, 0.25) is 0 Å². The maximum atomic E-state index is 5.84. The minimum absolute atomic E-state index is 0.0912. The number of nitrogens with zero attached hydrogens (tertiary/aromatic N) is 2. The highest BCUT2D eigenvalue weighted by molar-refractivity contribution is 5.45. The van der Waals surface area contributed by atoms with Gasteiger partial charge in [0.25, 0.3) is 0 Å². The number of rotatable bonds is 4. The zero-order valence-electron chi connectivity index (χ0n) is 12.5. The number of nitrogens with one attached hydrogen (secondary N) is 1. The minimum atomic E-state index is -0.0912. The molecule has 4 heteroatoms. The predicted molar refractivity (Wildman–Crippen MR) is 77.7 cm³/mol. The molecule has 0 unspecified atom stereocenters. The highest BCUT2D eigenvalue weighted by Crippen LogP contribution is 2.23. The SMILES string of the molecule is CCC(C)(C)CNc1cc(N)nc(C(C)(C)C)n1. The Bertz CT molecular complexity index is 405. The van der Waals surface area contributed by atoms with Gasteiger partial charge in [-0.25, -0.2) is 9.97 Å². The molecular formula is C14H26N4. The summed E-state index contributed by atoms with van der Waals surface area (Å²) < 4.78 is 0. The predicted octanol–water partition coefficient (Wildman–Crippen LogP) is 3.20. The van der Waals surface area contributed by atoms with E-state index in [9.17, 15) is 0 Å². The second-order valence-corrected chi connectivity index (χ2v) is 6.62. The standard InChI is InChI=1S/C14H26N4/c1-7-14(5,6)9-16-11-8-10(15)17-12(18-11)13(2,3)4/h8H,7,9H2,1-6H3,(H3,15,16,17,18). The second-order valence-electron chi connectivity index (χ2n) is 6.62. The highest BCUT2D eigenvalue weighted by atomic mass is 15.1. The quantitative estimate of drug-likeness (QED) is 0.861. The first kappa shape index (κ1) is 14.7. The lowest BCUT2D eigenvalue weighted by Gasteiger charge is -2.24. The molecule has 0 spiro atoms. The Hall–Kier alpha value is -1.32. The van der Waals surface area contributed by atoms with Crippen molar-refractivity contribution in [3.8, 4) is 0 Å². The van der Waals surface area contributed by atoms with Gasteiger partial charge >= 0.3 is 0 Å². The fraction of sp³-hybridized carbons (Fsp3) is 0.714. The number of nitrogen functional groups attached to an aromatic ring is 1. The van der Waals surface area contributed by atoms with Crippen LogP contribution in [0, 0.1) is 5.41 Å². The van der Waals surface area contributed by atoms with Crippen LogP contribution in [0.2, 0.25) is 0 Å². The van der Waals surface area contributed by atoms with Crippen molar-refractivity contribution >= 4 is 11.6 Å². The van der Waals surface area contributed by atoms with E-state index in [-0.39, 0.29) is 10.8 Å². The lowest BCUT2D eigenvalue weighted by Crippen LogP contribution is -2.24. The van der Waals surface area contributed by atoms with Crippen LogP contribution in [0.1, 0.15) is 53.8 Å². The van der Waals surface area contributed by atoms with Crippen LogP contribution in [0.15, 0.2) is 6.07 Å². The summed E-state index contributed by atoms with van der Waals surface area (Å²) in [6.07, 6.45) is 1.12. The van der Waals surface area contributed by atoms with Gasteiger partial charge < -0.3 is 11.1 Å². The van der Waals surface area contributed by atoms with Gasteiger partial charge in [0.05, 0.1) is 0 Å². The molecule has 0 aliphatic rings. The molecule has 0 aliphatic carbocycles. The molecular weight excluding hydrogens is 224 g/mol. The van der Waals surface area contributed by atoms with Gasteiger partial charge in [-0.15, -0.1) is 0 Å². The fourth-order valence-corrected chi connectivity index (χ4v) is 1.35. The molecule has 1 aromatic heterocycles. The van der Waals surface area contributed by atoms with Crippen molar-refractivity contribution in [2.45, 2.75) is 53.4 Å². The lowest BCUT2D eigenvalue weighted by molar-refractivity contribution is 0.376. The summed E-state index contributed by atoms with van der Waals surface area (Å²) in [6, 6.07) is 1.79. The number of aromatic nitrogens is 2. The fourth-order valence-electron chi connectivity index (χ4n) is 1.35. The van der Waals surface area contributed by atoms with E-state index in [2.05, 4.69) is 56.8 Å². The van der Waals surface area contributed by atoms with Crippen molar-refractivity contribution in [2.75, 3.05) is 17.6 Å². The third kappa shape index (κ3) is 4.17. The Morgan fingerprint density at radius 1 is 1.17 bits per heavy atom. The first-order chi connectivity index (χ1) is 8.14. The van der Waals surface area contributed by atoms with Crippen molar-refractivity contribution in [1.29, 1.82) is 0 Å². The van der Waals surface area contributed by atoms with Gasteiger partial charge in [-0.05, 0) is 11.8 Å². The third-order valence-electron chi connectivity index (χ3n) is 3.12. The van der Waals surface area contributed by atoms with Gasteiger partial charge in [-0.2, -0.15) is 0 Å². The van der Waals surface area contributed by atoms with E-state index in [4.69, 9.17) is 5.73 Å². The van der Waals surface area contributed by atoms with Crippen LogP contribution in [0.25, 0.3) is 0 Å². The van der Waals surface area contributed by atoms with E-state index in [1.54, 1.807) is 6.07 Å². The molecule has 102 valence electrons. The Kier molecular flexibility index (Phi) is 4.20. The molecule has 0 aromatic carbocycles. The van der Waals surface area contributed by atoms with Crippen molar-refractivity contribution in [3.05, 3.63) is 11.9 Å². The maximum Gasteiger partial charge on any atom is 0.138 e. The zero-order chi connectivity index (χ0) is 14.0. The van der Waals surface area contributed by atoms with Crippen molar-refractivity contribution in [1.82, 2.24) is 9.97 Å². The molecule has 1 rings (SSSR count). The normalized spacial score (nSPS) is 12.6. The Balaban J connectivity index is 2.88. The molecule has 0 aliphatic heterocycles. The van der Waals surface area contributed by atoms with Crippen LogP contribution in [0.4, 0.5) is 11.6 Å². The first-order valence-electron chi connectivity index (χ1n) is 6.53. The molecule has 4 nitrogen and oxygen atoms in total. The van der Waals surface area contributed by atoms with E-state index in [1.165, 1.54) is 0 Å². The largest absolute Gasteiger partial charge is 0.384 e. The van der Waals surface area contributed by atoms with E-state index in [1.807, 2.05) is 0 Å². The molecule has 1 aromatic rings. The molecule has 18 heavy (non-hydrogen) atoms. The van der Waals surface area contributed by atoms with Crippen LogP contribution in [-0.4, -0.2) is 16.5 Å². The van der Waals surface area contributed by atoms with E-state index in [0.717, 1.165) is 24.6 Å². The summed E-state index contributed by atoms with van der Waals surface area (Å²) in [5.41, 5.74) is 6.00. The number of nitrogens with two attached hydrogens (primary N) is 1. The molecule has 0 saturated carbocycles. The van der Waals surface area contributed by atoms with Gasteiger partial charge in [-0.1, -0.05) is 41.5 Å². The average Bonchev–Trinajstić information content (AvgIpc) is 2.25. The van der Waals surface area contributed by atoms with Gasteiger partial charge in [-0.3, -0.25) is 0 Å². The smallest absolute Gasteiger partial charge is 0.138 e. The average molecular weight is 250 g/mol. The molecule has 0 bridgehead atoms. The topological polar surface area (TPSA) is 63.8 Å². The summed E-state index contributed by atoms with van der Waals surface area (Å²) in [4.78, 5) is 8.84. The molecule has 0 saturated heterocycles. The lowest BCUT2D eigenvalue weighted by atomic mass is 9.90. The molecule has 0 atom stereocenters. The molecule has 0 fully saturated rings. The van der Waals surface area contributed by atoms with Gasteiger partial charge in [0.1, 0.15) is 17.5 Å². The molecule has 0 amide bonds. The van der Waals surface area contributed by atoms with Crippen LogP contribution >= 0.6 is 0 Å². The summed E-state index contributed by atoms with van der Waals surface area (Å²) in [5, 5.41) is 3.36. The van der Waals surface area contributed by atoms with Crippen LogP contribution in [0.3, 0.4) is 0 Å². The van der Waals surface area contributed by atoms with Crippen LogP contribution in [-0.2, 0) is 5.41 Å².